The van der Waals surface area contributed by atoms with Crippen molar-refractivity contribution in [3.05, 3.63) is 0 Å². The van der Waals surface area contributed by atoms with Crippen LogP contribution < -0.4 is 0 Å². The van der Waals surface area contributed by atoms with Gasteiger partial charge in [0, 0.05) is 5.33 Å². The van der Waals surface area contributed by atoms with Crippen molar-refractivity contribution in [2.75, 3.05) is 11.9 Å². The molecule has 0 aromatic rings. The highest BCUT2D eigenvalue weighted by Crippen LogP contribution is 2.15. The summed E-state index contributed by atoms with van der Waals surface area (Å²) in [6.45, 7) is 9.66. The number of rotatable bonds is 6. The predicted molar refractivity (Wildman–Crippen MR) is 57.8 cm³/mol. The third-order valence-corrected chi connectivity index (χ3v) is 3.14. The van der Waals surface area contributed by atoms with Gasteiger partial charge < -0.3 is 4.74 Å². The van der Waals surface area contributed by atoms with Crippen molar-refractivity contribution in [3.8, 4) is 0 Å². The molecule has 12 heavy (non-hydrogen) atoms. The van der Waals surface area contributed by atoms with Crippen LogP contribution >= 0.6 is 15.9 Å². The average Bonchev–Trinajstić information content (AvgIpc) is 2.04. The summed E-state index contributed by atoms with van der Waals surface area (Å²) in [5.41, 5.74) is 0. The molecule has 0 heterocycles. The van der Waals surface area contributed by atoms with Crippen LogP contribution in [-0.2, 0) is 4.74 Å². The highest BCUT2D eigenvalue weighted by molar-refractivity contribution is 9.09. The Hall–Kier alpha value is 0.440. The molecule has 0 saturated carbocycles. The van der Waals surface area contributed by atoms with Crippen LogP contribution in [0.25, 0.3) is 0 Å². The van der Waals surface area contributed by atoms with Gasteiger partial charge in [0.15, 0.2) is 0 Å². The third kappa shape index (κ3) is 5.15. The molecular formula is C10H21BrO. The van der Waals surface area contributed by atoms with Crippen LogP contribution in [0.5, 0.6) is 0 Å². The Labute approximate surface area is 85.0 Å². The maximum atomic E-state index is 5.68. The minimum atomic E-state index is 0.408. The van der Waals surface area contributed by atoms with E-state index in [4.69, 9.17) is 4.74 Å². The van der Waals surface area contributed by atoms with Crippen molar-refractivity contribution in [1.82, 2.24) is 0 Å². The smallest absolute Gasteiger partial charge is 0.0544 e. The Morgan fingerprint density at radius 3 is 2.17 bits per heavy atom. The fraction of sp³-hybridized carbons (Fsp3) is 1.00. The summed E-state index contributed by atoms with van der Waals surface area (Å²) in [7, 11) is 0. The Morgan fingerprint density at radius 1 is 1.25 bits per heavy atom. The standard InChI is InChI=1S/C10H21BrO/c1-5-9(4)12-7-10(6-11)8(2)3/h8-10H,5-7H2,1-4H3. The van der Waals surface area contributed by atoms with Crippen LogP contribution in [-0.4, -0.2) is 18.0 Å². The van der Waals surface area contributed by atoms with E-state index in [1.807, 2.05) is 0 Å². The molecule has 74 valence electrons. The molecule has 2 heteroatoms. The Kier molecular flexibility index (Phi) is 7.16. The lowest BCUT2D eigenvalue weighted by Crippen LogP contribution is -2.20. The highest BCUT2D eigenvalue weighted by Gasteiger charge is 2.12. The molecule has 0 aliphatic heterocycles. The molecule has 0 rings (SSSR count). The van der Waals surface area contributed by atoms with Crippen LogP contribution in [0, 0.1) is 11.8 Å². The van der Waals surface area contributed by atoms with Gasteiger partial charge in [0.05, 0.1) is 12.7 Å². The first-order valence-corrected chi connectivity index (χ1v) is 5.91. The Balaban J connectivity index is 3.58. The Morgan fingerprint density at radius 2 is 1.83 bits per heavy atom. The maximum absolute atomic E-state index is 5.68. The number of halogens is 1. The van der Waals surface area contributed by atoms with E-state index >= 15 is 0 Å². The van der Waals surface area contributed by atoms with E-state index in [0.29, 0.717) is 17.9 Å². The molecule has 0 aromatic carbocycles. The summed E-state index contributed by atoms with van der Waals surface area (Å²) in [5.74, 6) is 1.35. The molecule has 0 aliphatic carbocycles. The van der Waals surface area contributed by atoms with Crippen molar-refractivity contribution in [1.29, 1.82) is 0 Å². The zero-order valence-electron chi connectivity index (χ0n) is 8.64. The molecule has 1 nitrogen and oxygen atoms in total. The molecule has 0 amide bonds. The lowest BCUT2D eigenvalue weighted by molar-refractivity contribution is 0.0334. The van der Waals surface area contributed by atoms with Crippen LogP contribution in [0.3, 0.4) is 0 Å². The molecule has 2 unspecified atom stereocenters. The first kappa shape index (κ1) is 12.4. The second kappa shape index (κ2) is 6.90. The lowest BCUT2D eigenvalue weighted by atomic mass is 9.99. The quantitative estimate of drug-likeness (QED) is 0.643. The second-order valence-electron chi connectivity index (χ2n) is 3.71. The summed E-state index contributed by atoms with van der Waals surface area (Å²) < 4.78 is 5.68. The second-order valence-corrected chi connectivity index (χ2v) is 4.36. The molecule has 2 atom stereocenters. The average molecular weight is 237 g/mol. The minimum absolute atomic E-state index is 0.408. The van der Waals surface area contributed by atoms with Gasteiger partial charge in [0.1, 0.15) is 0 Å². The van der Waals surface area contributed by atoms with Gasteiger partial charge in [0.25, 0.3) is 0 Å². The van der Waals surface area contributed by atoms with Crippen LogP contribution in [0.15, 0.2) is 0 Å². The summed E-state index contributed by atoms with van der Waals surface area (Å²) in [4.78, 5) is 0. The van der Waals surface area contributed by atoms with E-state index in [2.05, 4.69) is 43.6 Å². The van der Waals surface area contributed by atoms with Gasteiger partial charge in [0.2, 0.25) is 0 Å². The van der Waals surface area contributed by atoms with Crippen molar-refractivity contribution in [2.24, 2.45) is 11.8 Å². The van der Waals surface area contributed by atoms with Crippen molar-refractivity contribution < 1.29 is 4.74 Å². The van der Waals surface area contributed by atoms with Crippen LogP contribution in [0.1, 0.15) is 34.1 Å². The predicted octanol–water partition coefficient (Wildman–Crippen LogP) is 3.47. The molecular weight excluding hydrogens is 216 g/mol. The van der Waals surface area contributed by atoms with Crippen LogP contribution in [0.4, 0.5) is 0 Å². The molecule has 0 saturated heterocycles. The topological polar surface area (TPSA) is 9.23 Å². The van der Waals surface area contributed by atoms with Gasteiger partial charge in [-0.05, 0) is 25.2 Å². The van der Waals surface area contributed by atoms with E-state index in [9.17, 15) is 0 Å². The fourth-order valence-corrected chi connectivity index (χ4v) is 1.76. The molecule has 0 aliphatic rings. The van der Waals surface area contributed by atoms with Crippen molar-refractivity contribution in [2.45, 2.75) is 40.2 Å². The van der Waals surface area contributed by atoms with Gasteiger partial charge in [-0.3, -0.25) is 0 Å². The summed E-state index contributed by atoms with van der Waals surface area (Å²) in [5, 5.41) is 1.04. The van der Waals surface area contributed by atoms with Gasteiger partial charge in [-0.1, -0.05) is 36.7 Å². The van der Waals surface area contributed by atoms with Gasteiger partial charge in [-0.2, -0.15) is 0 Å². The number of hydrogen-bond donors (Lipinski definition) is 0. The highest BCUT2D eigenvalue weighted by atomic mass is 79.9. The van der Waals surface area contributed by atoms with Crippen molar-refractivity contribution in [3.63, 3.8) is 0 Å². The first-order valence-electron chi connectivity index (χ1n) is 4.79. The van der Waals surface area contributed by atoms with E-state index in [1.165, 1.54) is 0 Å². The lowest BCUT2D eigenvalue weighted by Gasteiger charge is -2.20. The Bertz CT molecular complexity index is 104. The number of alkyl halides is 1. The van der Waals surface area contributed by atoms with E-state index < -0.39 is 0 Å². The van der Waals surface area contributed by atoms with Crippen LogP contribution in [0.2, 0.25) is 0 Å². The molecule has 0 bridgehead atoms. The zero-order valence-corrected chi connectivity index (χ0v) is 10.2. The summed E-state index contributed by atoms with van der Waals surface area (Å²) >= 11 is 3.51. The zero-order chi connectivity index (χ0) is 9.56. The molecule has 0 aromatic heterocycles. The van der Waals surface area contributed by atoms with Gasteiger partial charge in [-0.25, -0.2) is 0 Å². The molecule has 0 fully saturated rings. The third-order valence-electron chi connectivity index (χ3n) is 2.31. The summed E-state index contributed by atoms with van der Waals surface area (Å²) in [6, 6.07) is 0. The van der Waals surface area contributed by atoms with Gasteiger partial charge >= 0.3 is 0 Å². The number of ether oxygens (including phenoxy) is 1. The summed E-state index contributed by atoms with van der Waals surface area (Å²) in [6.07, 6.45) is 1.51. The molecule has 0 N–H and O–H groups in total. The fourth-order valence-electron chi connectivity index (χ4n) is 0.821. The monoisotopic (exact) mass is 236 g/mol. The minimum Gasteiger partial charge on any atom is -0.378 e. The number of hydrogen-bond acceptors (Lipinski definition) is 1. The normalized spacial score (nSPS) is 16.5. The largest absolute Gasteiger partial charge is 0.378 e. The van der Waals surface area contributed by atoms with E-state index in [1.54, 1.807) is 0 Å². The SMILES string of the molecule is CCC(C)OCC(CBr)C(C)C. The van der Waals surface area contributed by atoms with Gasteiger partial charge in [-0.15, -0.1) is 0 Å². The maximum Gasteiger partial charge on any atom is 0.0544 e. The molecule has 0 spiro atoms. The van der Waals surface area contributed by atoms with E-state index in [0.717, 1.165) is 18.4 Å². The molecule has 0 radical (unpaired) electrons. The van der Waals surface area contributed by atoms with Crippen molar-refractivity contribution >= 4 is 15.9 Å². The van der Waals surface area contributed by atoms with E-state index in [-0.39, 0.29) is 0 Å². The first-order chi connectivity index (χ1) is 5.61.